The summed E-state index contributed by atoms with van der Waals surface area (Å²) in [5, 5.41) is 11.6. The highest BCUT2D eigenvalue weighted by molar-refractivity contribution is 5.93. The zero-order valence-electron chi connectivity index (χ0n) is 17.7. The van der Waals surface area contributed by atoms with Crippen LogP contribution in [-0.4, -0.2) is 66.7 Å². The Labute approximate surface area is 176 Å². The molecular formula is C21H29N3O6. The number of piperidine rings is 1. The lowest BCUT2D eigenvalue weighted by Gasteiger charge is -2.35. The quantitative estimate of drug-likeness (QED) is 0.411. The minimum Gasteiger partial charge on any atom is -0.452 e. The van der Waals surface area contributed by atoms with Crippen LogP contribution in [-0.2, 0) is 14.3 Å². The van der Waals surface area contributed by atoms with Gasteiger partial charge in [0.05, 0.1) is 22.7 Å². The van der Waals surface area contributed by atoms with Gasteiger partial charge < -0.3 is 19.3 Å². The monoisotopic (exact) mass is 419 g/mol. The summed E-state index contributed by atoms with van der Waals surface area (Å²) in [4.78, 5) is 39.5. The molecule has 2 aliphatic heterocycles. The van der Waals surface area contributed by atoms with Gasteiger partial charge in [-0.2, -0.15) is 0 Å². The van der Waals surface area contributed by atoms with Gasteiger partial charge >= 0.3 is 5.97 Å². The van der Waals surface area contributed by atoms with E-state index in [2.05, 4.69) is 6.92 Å². The summed E-state index contributed by atoms with van der Waals surface area (Å²) in [6.07, 6.45) is 1.78. The maximum absolute atomic E-state index is 12.4. The fourth-order valence-electron chi connectivity index (χ4n) is 4.00. The average Bonchev–Trinajstić information content (AvgIpc) is 2.71. The molecule has 0 aromatic heterocycles. The fraction of sp³-hybridized carbons (Fsp3) is 0.619. The lowest BCUT2D eigenvalue weighted by Crippen LogP contribution is -2.49. The fourth-order valence-corrected chi connectivity index (χ4v) is 4.00. The first-order valence-electron chi connectivity index (χ1n) is 10.4. The molecule has 0 bridgehead atoms. The minimum atomic E-state index is -0.750. The zero-order valence-corrected chi connectivity index (χ0v) is 17.7. The minimum absolute atomic E-state index is 0.0624. The molecule has 1 aromatic carbocycles. The lowest BCUT2D eigenvalue weighted by molar-refractivity contribution is -0.384. The third-order valence-electron chi connectivity index (χ3n) is 5.63. The van der Waals surface area contributed by atoms with E-state index >= 15 is 0 Å². The molecule has 3 rings (SSSR count). The van der Waals surface area contributed by atoms with Crippen LogP contribution < -0.4 is 4.90 Å². The molecule has 1 aromatic rings. The van der Waals surface area contributed by atoms with Crippen molar-refractivity contribution in [2.24, 2.45) is 5.92 Å². The van der Waals surface area contributed by atoms with Crippen molar-refractivity contribution >= 4 is 23.3 Å². The molecule has 0 spiro atoms. The van der Waals surface area contributed by atoms with Gasteiger partial charge in [0.1, 0.15) is 5.69 Å². The van der Waals surface area contributed by atoms with E-state index in [1.807, 2.05) is 18.7 Å². The molecule has 0 radical (unpaired) electrons. The van der Waals surface area contributed by atoms with Gasteiger partial charge in [-0.25, -0.2) is 4.79 Å². The summed E-state index contributed by atoms with van der Waals surface area (Å²) in [6.45, 7) is 7.90. The Hall–Kier alpha value is -2.68. The van der Waals surface area contributed by atoms with Gasteiger partial charge in [-0.1, -0.05) is 6.92 Å². The standard InChI is InChI=1S/C21H29N3O6/c1-14-6-8-22(9-7-14)18-5-4-17(10-19(18)24(27)28)21(26)29-13-20(25)23-11-15(2)30-16(3)12-23/h4-5,10,14-16H,6-9,11-13H2,1-3H3/t15-,16-/m0/s1. The Morgan fingerprint density at radius 1 is 1.17 bits per heavy atom. The third-order valence-corrected chi connectivity index (χ3v) is 5.63. The number of nitrogens with zero attached hydrogens (tertiary/aromatic N) is 3. The number of hydrogen-bond donors (Lipinski definition) is 0. The summed E-state index contributed by atoms with van der Waals surface area (Å²) in [5.41, 5.74) is 0.448. The number of nitro groups is 1. The number of ether oxygens (including phenoxy) is 2. The molecule has 0 unspecified atom stereocenters. The molecule has 0 N–H and O–H groups in total. The molecule has 9 nitrogen and oxygen atoms in total. The summed E-state index contributed by atoms with van der Waals surface area (Å²) in [6, 6.07) is 4.35. The number of carbonyl (C=O) groups is 2. The number of hydrogen-bond acceptors (Lipinski definition) is 7. The number of anilines is 1. The van der Waals surface area contributed by atoms with Crippen LogP contribution in [0.1, 0.15) is 44.0 Å². The molecule has 2 atom stereocenters. The second-order valence-electron chi connectivity index (χ2n) is 8.26. The van der Waals surface area contributed by atoms with Crippen molar-refractivity contribution in [3.8, 4) is 0 Å². The van der Waals surface area contributed by atoms with Crippen molar-refractivity contribution < 1.29 is 24.0 Å². The SMILES string of the molecule is CC1CCN(c2ccc(C(=O)OCC(=O)N3C[C@H](C)O[C@@H](C)C3)cc2[N+](=O)[O-])CC1. The maximum atomic E-state index is 12.4. The van der Waals surface area contributed by atoms with E-state index in [9.17, 15) is 19.7 Å². The number of amides is 1. The topological polar surface area (TPSA) is 102 Å². The van der Waals surface area contributed by atoms with Crippen molar-refractivity contribution in [3.63, 3.8) is 0 Å². The van der Waals surface area contributed by atoms with Crippen LogP contribution >= 0.6 is 0 Å². The predicted molar refractivity (Wildman–Crippen MR) is 111 cm³/mol. The van der Waals surface area contributed by atoms with Crippen molar-refractivity contribution in [1.29, 1.82) is 0 Å². The molecule has 1 amide bonds. The van der Waals surface area contributed by atoms with Gasteiger partial charge in [0.25, 0.3) is 11.6 Å². The van der Waals surface area contributed by atoms with Crippen LogP contribution in [0, 0.1) is 16.0 Å². The van der Waals surface area contributed by atoms with E-state index in [4.69, 9.17) is 9.47 Å². The van der Waals surface area contributed by atoms with Crippen molar-refractivity contribution in [3.05, 3.63) is 33.9 Å². The highest BCUT2D eigenvalue weighted by Crippen LogP contribution is 2.32. The van der Waals surface area contributed by atoms with E-state index in [1.54, 1.807) is 11.0 Å². The summed E-state index contributed by atoms with van der Waals surface area (Å²) >= 11 is 0. The van der Waals surface area contributed by atoms with E-state index in [0.717, 1.165) is 25.9 Å². The van der Waals surface area contributed by atoms with E-state index < -0.39 is 17.5 Å². The number of nitro benzene ring substituents is 1. The molecule has 2 saturated heterocycles. The van der Waals surface area contributed by atoms with Gasteiger partial charge in [0.15, 0.2) is 6.61 Å². The van der Waals surface area contributed by atoms with Crippen LogP contribution in [0.4, 0.5) is 11.4 Å². The van der Waals surface area contributed by atoms with Gasteiger partial charge in [0, 0.05) is 32.2 Å². The molecule has 9 heteroatoms. The number of benzene rings is 1. The Morgan fingerprint density at radius 2 is 1.80 bits per heavy atom. The predicted octanol–water partition coefficient (Wildman–Crippen LogP) is 2.62. The Morgan fingerprint density at radius 3 is 2.40 bits per heavy atom. The Bertz CT molecular complexity index is 796. The van der Waals surface area contributed by atoms with Crippen LogP contribution in [0.25, 0.3) is 0 Å². The van der Waals surface area contributed by atoms with Gasteiger partial charge in [-0.05, 0) is 44.7 Å². The molecule has 30 heavy (non-hydrogen) atoms. The van der Waals surface area contributed by atoms with Gasteiger partial charge in [-0.3, -0.25) is 14.9 Å². The number of esters is 1. The van der Waals surface area contributed by atoms with Crippen molar-refractivity contribution in [2.75, 3.05) is 37.7 Å². The third kappa shape index (κ3) is 5.27. The molecule has 2 aliphatic rings. The first kappa shape index (κ1) is 22.0. The lowest BCUT2D eigenvalue weighted by atomic mass is 9.98. The van der Waals surface area contributed by atoms with Crippen LogP contribution in [0.2, 0.25) is 0 Å². The van der Waals surface area contributed by atoms with Crippen LogP contribution in [0.3, 0.4) is 0 Å². The first-order chi connectivity index (χ1) is 14.2. The maximum Gasteiger partial charge on any atom is 0.338 e. The highest BCUT2D eigenvalue weighted by Gasteiger charge is 2.28. The second-order valence-corrected chi connectivity index (χ2v) is 8.26. The second kappa shape index (κ2) is 9.42. The molecule has 0 aliphatic carbocycles. The number of carbonyl (C=O) groups excluding carboxylic acids is 2. The summed E-state index contributed by atoms with van der Waals surface area (Å²) in [5.74, 6) is -0.455. The van der Waals surface area contributed by atoms with E-state index in [-0.39, 0.29) is 29.4 Å². The molecular weight excluding hydrogens is 390 g/mol. The molecule has 164 valence electrons. The molecule has 2 heterocycles. The van der Waals surface area contributed by atoms with Crippen molar-refractivity contribution in [2.45, 2.75) is 45.8 Å². The number of morpholine rings is 1. The van der Waals surface area contributed by atoms with Gasteiger partial charge in [-0.15, -0.1) is 0 Å². The number of rotatable bonds is 5. The molecule has 2 fully saturated rings. The first-order valence-corrected chi connectivity index (χ1v) is 10.4. The normalized spacial score (nSPS) is 22.6. The van der Waals surface area contributed by atoms with E-state index in [1.165, 1.54) is 12.1 Å². The zero-order chi connectivity index (χ0) is 21.8. The molecule has 0 saturated carbocycles. The average molecular weight is 419 g/mol. The summed E-state index contributed by atoms with van der Waals surface area (Å²) in [7, 11) is 0. The smallest absolute Gasteiger partial charge is 0.338 e. The van der Waals surface area contributed by atoms with Crippen LogP contribution in [0.5, 0.6) is 0 Å². The van der Waals surface area contributed by atoms with Gasteiger partial charge in [0.2, 0.25) is 0 Å². The van der Waals surface area contributed by atoms with Crippen LogP contribution in [0.15, 0.2) is 18.2 Å². The largest absolute Gasteiger partial charge is 0.452 e. The Kier molecular flexibility index (Phi) is 6.91. The Balaban J connectivity index is 1.65. The summed E-state index contributed by atoms with van der Waals surface area (Å²) < 4.78 is 10.7. The van der Waals surface area contributed by atoms with Crippen molar-refractivity contribution in [1.82, 2.24) is 4.90 Å². The van der Waals surface area contributed by atoms with E-state index in [0.29, 0.717) is 24.7 Å². The highest BCUT2D eigenvalue weighted by atomic mass is 16.6.